The SMILES string of the molecule is N#CC1(c2ccccc2)CCOC1c1ccccc1. The lowest BCUT2D eigenvalue weighted by molar-refractivity contribution is 0.0916. The molecule has 19 heavy (non-hydrogen) atoms. The molecule has 2 unspecified atom stereocenters. The van der Waals surface area contributed by atoms with Crippen molar-refractivity contribution in [2.45, 2.75) is 17.9 Å². The van der Waals surface area contributed by atoms with E-state index in [-0.39, 0.29) is 6.10 Å². The van der Waals surface area contributed by atoms with Crippen LogP contribution < -0.4 is 0 Å². The lowest BCUT2D eigenvalue weighted by atomic mass is 9.74. The van der Waals surface area contributed by atoms with E-state index >= 15 is 0 Å². The number of rotatable bonds is 2. The Morgan fingerprint density at radius 3 is 2.26 bits per heavy atom. The van der Waals surface area contributed by atoms with E-state index in [1.54, 1.807) is 0 Å². The van der Waals surface area contributed by atoms with Crippen LogP contribution in [0, 0.1) is 11.3 Å². The van der Waals surface area contributed by atoms with Crippen LogP contribution in [0.1, 0.15) is 23.7 Å². The van der Waals surface area contributed by atoms with Gasteiger partial charge in [0, 0.05) is 6.61 Å². The van der Waals surface area contributed by atoms with Crippen molar-refractivity contribution in [1.82, 2.24) is 0 Å². The molecule has 94 valence electrons. The zero-order valence-corrected chi connectivity index (χ0v) is 10.6. The Bertz CT molecular complexity index is 588. The highest BCUT2D eigenvalue weighted by atomic mass is 16.5. The number of hydrogen-bond donors (Lipinski definition) is 0. The van der Waals surface area contributed by atoms with Gasteiger partial charge in [0.15, 0.2) is 0 Å². The fourth-order valence-corrected chi connectivity index (χ4v) is 2.83. The topological polar surface area (TPSA) is 33.0 Å². The number of ether oxygens (including phenoxy) is 1. The summed E-state index contributed by atoms with van der Waals surface area (Å²) < 4.78 is 5.88. The summed E-state index contributed by atoms with van der Waals surface area (Å²) in [5.74, 6) is 0. The van der Waals surface area contributed by atoms with Crippen molar-refractivity contribution in [3.63, 3.8) is 0 Å². The van der Waals surface area contributed by atoms with Gasteiger partial charge in [0.1, 0.15) is 11.5 Å². The summed E-state index contributed by atoms with van der Waals surface area (Å²) in [6.07, 6.45) is 0.564. The van der Waals surface area contributed by atoms with Crippen LogP contribution in [0.3, 0.4) is 0 Å². The number of nitriles is 1. The third-order valence-corrected chi connectivity index (χ3v) is 3.82. The first kappa shape index (κ1) is 12.0. The van der Waals surface area contributed by atoms with Gasteiger partial charge in [-0.25, -0.2) is 0 Å². The largest absolute Gasteiger partial charge is 0.371 e. The van der Waals surface area contributed by atoms with E-state index in [1.807, 2.05) is 60.7 Å². The van der Waals surface area contributed by atoms with E-state index in [9.17, 15) is 5.26 Å². The van der Waals surface area contributed by atoms with Crippen molar-refractivity contribution >= 4 is 0 Å². The Hall–Kier alpha value is -2.11. The molecule has 3 rings (SSSR count). The molecule has 0 bridgehead atoms. The minimum atomic E-state index is -0.567. The molecular formula is C17H15NO. The van der Waals surface area contributed by atoms with Crippen molar-refractivity contribution in [2.24, 2.45) is 0 Å². The maximum atomic E-state index is 9.77. The summed E-state index contributed by atoms with van der Waals surface area (Å²) in [6, 6.07) is 22.5. The molecule has 1 fully saturated rings. The summed E-state index contributed by atoms with van der Waals surface area (Å²) in [5, 5.41) is 9.77. The van der Waals surface area contributed by atoms with Crippen molar-refractivity contribution in [1.29, 1.82) is 5.26 Å². The lowest BCUT2D eigenvalue weighted by Gasteiger charge is -2.27. The molecule has 0 spiro atoms. The van der Waals surface area contributed by atoms with E-state index < -0.39 is 5.41 Å². The third-order valence-electron chi connectivity index (χ3n) is 3.82. The summed E-state index contributed by atoms with van der Waals surface area (Å²) in [6.45, 7) is 0.627. The highest BCUT2D eigenvalue weighted by Crippen LogP contribution is 2.46. The van der Waals surface area contributed by atoms with Crippen molar-refractivity contribution in [2.75, 3.05) is 6.61 Å². The number of nitrogens with zero attached hydrogens (tertiary/aromatic N) is 1. The molecule has 0 aliphatic carbocycles. The molecule has 2 atom stereocenters. The van der Waals surface area contributed by atoms with Crippen molar-refractivity contribution in [3.8, 4) is 6.07 Å². The molecule has 1 heterocycles. The van der Waals surface area contributed by atoms with Crippen molar-refractivity contribution < 1.29 is 4.74 Å². The second-order valence-electron chi connectivity index (χ2n) is 4.86. The van der Waals surface area contributed by atoms with E-state index in [0.29, 0.717) is 6.61 Å². The first-order valence-corrected chi connectivity index (χ1v) is 6.50. The summed E-state index contributed by atoms with van der Waals surface area (Å²) in [7, 11) is 0. The maximum absolute atomic E-state index is 9.77. The van der Waals surface area contributed by atoms with Crippen molar-refractivity contribution in [3.05, 3.63) is 71.8 Å². The Balaban J connectivity index is 2.08. The molecule has 0 amide bonds. The summed E-state index contributed by atoms with van der Waals surface area (Å²) in [5.41, 5.74) is 1.55. The summed E-state index contributed by atoms with van der Waals surface area (Å²) >= 11 is 0. The average molecular weight is 249 g/mol. The Labute approximate surface area is 113 Å². The zero-order valence-electron chi connectivity index (χ0n) is 10.6. The van der Waals surface area contributed by atoms with Gasteiger partial charge >= 0.3 is 0 Å². The molecule has 1 aliphatic heterocycles. The molecular weight excluding hydrogens is 234 g/mol. The number of hydrogen-bond acceptors (Lipinski definition) is 2. The minimum absolute atomic E-state index is 0.180. The fourth-order valence-electron chi connectivity index (χ4n) is 2.83. The van der Waals surface area contributed by atoms with Crippen LogP contribution in [0.2, 0.25) is 0 Å². The van der Waals surface area contributed by atoms with E-state index in [1.165, 1.54) is 0 Å². The van der Waals surface area contributed by atoms with E-state index in [4.69, 9.17) is 4.74 Å². The minimum Gasteiger partial charge on any atom is -0.371 e. The Kier molecular flexibility index (Phi) is 3.06. The van der Waals surface area contributed by atoms with Gasteiger partial charge in [0.25, 0.3) is 0 Å². The third kappa shape index (κ3) is 1.93. The van der Waals surface area contributed by atoms with Gasteiger partial charge in [-0.3, -0.25) is 0 Å². The second-order valence-corrected chi connectivity index (χ2v) is 4.86. The molecule has 1 aliphatic rings. The first-order chi connectivity index (χ1) is 9.37. The highest BCUT2D eigenvalue weighted by Gasteiger charge is 2.46. The quantitative estimate of drug-likeness (QED) is 0.814. The molecule has 1 saturated heterocycles. The van der Waals surface area contributed by atoms with Gasteiger partial charge in [-0.05, 0) is 17.5 Å². The van der Waals surface area contributed by atoms with Gasteiger partial charge in [-0.15, -0.1) is 0 Å². The zero-order chi connectivity index (χ0) is 13.1. The van der Waals surface area contributed by atoms with Crippen LogP contribution in [-0.2, 0) is 10.2 Å². The normalized spacial score (nSPS) is 25.9. The van der Waals surface area contributed by atoms with Crippen LogP contribution >= 0.6 is 0 Å². The van der Waals surface area contributed by atoms with Crippen LogP contribution in [0.4, 0.5) is 0 Å². The molecule has 0 saturated carbocycles. The summed E-state index contributed by atoms with van der Waals surface area (Å²) in [4.78, 5) is 0. The van der Waals surface area contributed by atoms with E-state index in [0.717, 1.165) is 17.5 Å². The monoisotopic (exact) mass is 249 g/mol. The molecule has 2 aromatic rings. The van der Waals surface area contributed by atoms with Gasteiger partial charge in [-0.1, -0.05) is 60.7 Å². The Morgan fingerprint density at radius 2 is 1.63 bits per heavy atom. The molecule has 0 radical (unpaired) electrons. The predicted octanol–water partition coefficient (Wildman–Crippen LogP) is 3.61. The predicted molar refractivity (Wildman–Crippen MR) is 73.5 cm³/mol. The van der Waals surface area contributed by atoms with Crippen LogP contribution in [0.15, 0.2) is 60.7 Å². The smallest absolute Gasteiger partial charge is 0.115 e. The molecule has 0 N–H and O–H groups in total. The van der Waals surface area contributed by atoms with Gasteiger partial charge in [-0.2, -0.15) is 5.26 Å². The van der Waals surface area contributed by atoms with Crippen LogP contribution in [-0.4, -0.2) is 6.61 Å². The van der Waals surface area contributed by atoms with Crippen LogP contribution in [0.25, 0.3) is 0 Å². The number of benzene rings is 2. The maximum Gasteiger partial charge on any atom is 0.115 e. The highest BCUT2D eigenvalue weighted by molar-refractivity contribution is 5.39. The molecule has 2 aromatic carbocycles. The molecule has 0 aromatic heterocycles. The van der Waals surface area contributed by atoms with Gasteiger partial charge in [0.05, 0.1) is 6.07 Å². The van der Waals surface area contributed by atoms with Crippen LogP contribution in [0.5, 0.6) is 0 Å². The van der Waals surface area contributed by atoms with Gasteiger partial charge < -0.3 is 4.74 Å². The van der Waals surface area contributed by atoms with E-state index in [2.05, 4.69) is 6.07 Å². The standard InChI is InChI=1S/C17H15NO/c18-13-17(15-9-5-2-6-10-15)11-12-19-16(17)14-7-3-1-4-8-14/h1-10,16H,11-12H2. The molecule has 2 heteroatoms. The first-order valence-electron chi connectivity index (χ1n) is 6.50. The second kappa shape index (κ2) is 4.87. The average Bonchev–Trinajstić information content (AvgIpc) is 2.94. The fraction of sp³-hybridized carbons (Fsp3) is 0.235. The lowest BCUT2D eigenvalue weighted by Crippen LogP contribution is -2.27. The van der Waals surface area contributed by atoms with Gasteiger partial charge in [0.2, 0.25) is 0 Å². The Morgan fingerprint density at radius 1 is 1.00 bits per heavy atom. The molecule has 2 nitrogen and oxygen atoms in total.